The second-order valence-corrected chi connectivity index (χ2v) is 19.0. The summed E-state index contributed by atoms with van der Waals surface area (Å²) in [6.45, 7) is 1.67. The van der Waals surface area contributed by atoms with Crippen LogP contribution in [0.2, 0.25) is 14.8 Å². The molecule has 82 valence electrons. The Kier molecular flexibility index (Phi) is 3.86. The minimum absolute atomic E-state index is 0.286. The van der Waals surface area contributed by atoms with E-state index in [1.165, 1.54) is 6.07 Å². The van der Waals surface area contributed by atoms with E-state index < -0.39 is 24.3 Å². The molecule has 2 nitrogen and oxygen atoms in total. The Labute approximate surface area is 93.8 Å². The molecule has 0 saturated heterocycles. The van der Waals surface area contributed by atoms with Crippen LogP contribution >= 0.6 is 0 Å². The van der Waals surface area contributed by atoms with E-state index in [2.05, 4.69) is 19.8 Å². The molecule has 0 fully saturated rings. The van der Waals surface area contributed by atoms with Crippen molar-refractivity contribution in [3.05, 3.63) is 23.6 Å². The SMILES string of the molecule is CC(C=O)c1n[c]([Sn]([CH3])([CH3])[CH3])ccc1F. The van der Waals surface area contributed by atoms with E-state index in [-0.39, 0.29) is 11.5 Å². The Morgan fingerprint density at radius 1 is 1.40 bits per heavy atom. The number of halogens is 1. The predicted octanol–water partition coefficient (Wildman–Crippen LogP) is 2.07. The molecule has 0 aliphatic rings. The summed E-state index contributed by atoms with van der Waals surface area (Å²) in [7, 11) is 0. The molecule has 1 atom stereocenters. The van der Waals surface area contributed by atoms with Gasteiger partial charge < -0.3 is 0 Å². The van der Waals surface area contributed by atoms with Crippen LogP contribution < -0.4 is 3.71 Å². The molecule has 1 aromatic rings. The summed E-state index contributed by atoms with van der Waals surface area (Å²) in [5, 5.41) is 0. The van der Waals surface area contributed by atoms with Crippen LogP contribution in [0, 0.1) is 5.82 Å². The second kappa shape index (κ2) is 4.59. The Morgan fingerprint density at radius 2 is 2.00 bits per heavy atom. The van der Waals surface area contributed by atoms with Crippen LogP contribution in [-0.4, -0.2) is 29.6 Å². The van der Waals surface area contributed by atoms with Crippen LogP contribution in [0.25, 0.3) is 0 Å². The summed E-state index contributed by atoms with van der Waals surface area (Å²) in [4.78, 5) is 21.6. The zero-order valence-electron chi connectivity index (χ0n) is 9.54. The number of carbonyl (C=O) groups is 1. The molecule has 1 rings (SSSR count). The summed E-state index contributed by atoms with van der Waals surface area (Å²) in [5.74, 6) is -0.840. The predicted molar refractivity (Wildman–Crippen MR) is 61.7 cm³/mol. The third-order valence-electron chi connectivity index (χ3n) is 2.28. The summed E-state index contributed by atoms with van der Waals surface area (Å²) < 4.78 is 14.4. The summed E-state index contributed by atoms with van der Waals surface area (Å²) in [6, 6.07) is 3.19. The Balaban J connectivity index is 3.22. The third kappa shape index (κ3) is 3.00. The van der Waals surface area contributed by atoms with Gasteiger partial charge >= 0.3 is 93.8 Å². The van der Waals surface area contributed by atoms with Crippen molar-refractivity contribution in [3.63, 3.8) is 0 Å². The fourth-order valence-electron chi connectivity index (χ4n) is 1.26. The standard InChI is InChI=1S/C8H7FNO.3CH3.Sn/c1-6(5-11)8-7(9)3-2-4-10-8;;;;/h2-3,5-6H,1H3;3*1H3;. The van der Waals surface area contributed by atoms with Crippen molar-refractivity contribution in [2.24, 2.45) is 0 Å². The molecule has 0 aliphatic heterocycles. The van der Waals surface area contributed by atoms with E-state index in [0.29, 0.717) is 0 Å². The summed E-state index contributed by atoms with van der Waals surface area (Å²) in [5.41, 5.74) is 0.286. The van der Waals surface area contributed by atoms with Gasteiger partial charge in [0, 0.05) is 0 Å². The Morgan fingerprint density at radius 3 is 2.47 bits per heavy atom. The number of hydrogen-bond acceptors (Lipinski definition) is 2. The van der Waals surface area contributed by atoms with E-state index in [0.717, 1.165) is 10.00 Å². The van der Waals surface area contributed by atoms with Crippen LogP contribution in [-0.2, 0) is 4.79 Å². The molecular formula is C11H16FNOSn. The maximum atomic E-state index is 13.4. The van der Waals surface area contributed by atoms with Crippen molar-refractivity contribution in [2.75, 3.05) is 0 Å². The Bertz CT molecular complexity index is 373. The number of aromatic nitrogens is 1. The van der Waals surface area contributed by atoms with Gasteiger partial charge in [-0.1, -0.05) is 0 Å². The molecule has 0 aliphatic carbocycles. The monoisotopic (exact) mass is 317 g/mol. The van der Waals surface area contributed by atoms with Crippen molar-refractivity contribution in [1.82, 2.24) is 4.98 Å². The molecule has 1 aromatic heterocycles. The van der Waals surface area contributed by atoms with Gasteiger partial charge in [0.1, 0.15) is 0 Å². The van der Waals surface area contributed by atoms with Crippen LogP contribution in [0.1, 0.15) is 18.5 Å². The summed E-state index contributed by atoms with van der Waals surface area (Å²) in [6.07, 6.45) is 0.730. The molecule has 0 amide bonds. The maximum absolute atomic E-state index is 13.4. The van der Waals surface area contributed by atoms with Crippen molar-refractivity contribution in [1.29, 1.82) is 0 Å². The van der Waals surface area contributed by atoms with Gasteiger partial charge in [-0.05, 0) is 0 Å². The number of rotatable bonds is 3. The molecular weight excluding hydrogens is 300 g/mol. The Hall–Kier alpha value is -0.451. The zero-order valence-corrected chi connectivity index (χ0v) is 12.4. The molecule has 1 heterocycles. The molecule has 0 N–H and O–H groups in total. The van der Waals surface area contributed by atoms with Crippen molar-refractivity contribution < 1.29 is 9.18 Å². The van der Waals surface area contributed by atoms with Gasteiger partial charge in [0.05, 0.1) is 0 Å². The topological polar surface area (TPSA) is 30.0 Å². The van der Waals surface area contributed by atoms with Crippen LogP contribution in [0.15, 0.2) is 12.1 Å². The molecule has 4 heteroatoms. The minimum atomic E-state index is -2.26. The second-order valence-electron chi connectivity index (χ2n) is 4.74. The first-order chi connectivity index (χ1) is 6.86. The molecule has 15 heavy (non-hydrogen) atoms. The molecule has 0 bridgehead atoms. The van der Waals surface area contributed by atoms with Gasteiger partial charge in [-0.2, -0.15) is 0 Å². The van der Waals surface area contributed by atoms with Crippen molar-refractivity contribution in [2.45, 2.75) is 27.7 Å². The van der Waals surface area contributed by atoms with E-state index in [1.807, 2.05) is 0 Å². The first-order valence-electron chi connectivity index (χ1n) is 4.98. The fraction of sp³-hybridized carbons (Fsp3) is 0.455. The molecule has 0 aromatic carbocycles. The fourth-order valence-corrected chi connectivity index (χ4v) is 4.23. The van der Waals surface area contributed by atoms with Gasteiger partial charge in [-0.25, -0.2) is 0 Å². The van der Waals surface area contributed by atoms with Gasteiger partial charge in [-0.15, -0.1) is 0 Å². The van der Waals surface area contributed by atoms with Crippen LogP contribution in [0.4, 0.5) is 4.39 Å². The number of pyridine rings is 1. The molecule has 0 radical (unpaired) electrons. The quantitative estimate of drug-likeness (QED) is 0.631. The molecule has 0 spiro atoms. The van der Waals surface area contributed by atoms with E-state index in [4.69, 9.17) is 0 Å². The van der Waals surface area contributed by atoms with Gasteiger partial charge in [0.15, 0.2) is 0 Å². The molecule has 1 unspecified atom stereocenters. The molecule has 0 saturated carbocycles. The van der Waals surface area contributed by atoms with Gasteiger partial charge in [0.25, 0.3) is 0 Å². The van der Waals surface area contributed by atoms with Crippen molar-refractivity contribution in [3.8, 4) is 0 Å². The number of nitrogens with zero attached hydrogens (tertiary/aromatic N) is 1. The number of aldehydes is 1. The van der Waals surface area contributed by atoms with Gasteiger partial charge in [0.2, 0.25) is 0 Å². The first kappa shape index (κ1) is 12.6. The van der Waals surface area contributed by atoms with Gasteiger partial charge in [-0.3, -0.25) is 0 Å². The van der Waals surface area contributed by atoms with E-state index in [9.17, 15) is 9.18 Å². The van der Waals surface area contributed by atoms with Crippen LogP contribution in [0.3, 0.4) is 0 Å². The van der Waals surface area contributed by atoms with E-state index >= 15 is 0 Å². The average Bonchev–Trinajstić information content (AvgIpc) is 2.15. The number of hydrogen-bond donors (Lipinski definition) is 0. The first-order valence-corrected chi connectivity index (χ1v) is 15.0. The normalized spacial score (nSPS) is 13.7. The number of carbonyl (C=O) groups excluding carboxylic acids is 1. The third-order valence-corrected chi connectivity index (χ3v) is 7.46. The van der Waals surface area contributed by atoms with E-state index in [1.54, 1.807) is 13.0 Å². The summed E-state index contributed by atoms with van der Waals surface area (Å²) >= 11 is -2.26. The van der Waals surface area contributed by atoms with Crippen molar-refractivity contribution >= 4 is 28.4 Å². The average molecular weight is 316 g/mol. The zero-order chi connectivity index (χ0) is 11.6. The van der Waals surface area contributed by atoms with Crippen LogP contribution in [0.5, 0.6) is 0 Å².